The smallest absolute Gasteiger partial charge is 0.247 e. The minimum Gasteiger partial charge on any atom is -0.247 e. The molecule has 0 amide bonds. The lowest BCUT2D eigenvalue weighted by Crippen LogP contribution is -2.32. The molecule has 1 aliphatic rings. The molecular weight excluding hydrogens is 444 g/mol. The number of para-hydroxylation sites is 1. The van der Waals surface area contributed by atoms with Gasteiger partial charge in [0, 0.05) is 16.9 Å². The first-order chi connectivity index (χ1) is 13.5. The van der Waals surface area contributed by atoms with Crippen LogP contribution in [-0.4, -0.2) is 29.3 Å². The third-order valence-corrected chi connectivity index (χ3v) is 6.57. The molecule has 0 saturated heterocycles. The molecule has 28 heavy (non-hydrogen) atoms. The Morgan fingerprint density at radius 1 is 1.07 bits per heavy atom. The largest absolute Gasteiger partial charge is 0.350 e. The van der Waals surface area contributed by atoms with Gasteiger partial charge in [-0.2, -0.15) is 5.10 Å². The number of hydrogen-bond acceptors (Lipinski definition) is 4. The van der Waals surface area contributed by atoms with E-state index in [0.717, 1.165) is 28.8 Å². The summed E-state index contributed by atoms with van der Waals surface area (Å²) < 4.78 is 31.1. The van der Waals surface area contributed by atoms with Crippen LogP contribution in [0.25, 0.3) is 5.69 Å². The van der Waals surface area contributed by atoms with Crippen molar-refractivity contribution < 1.29 is 8.42 Å². The van der Waals surface area contributed by atoms with Gasteiger partial charge in [-0.1, -0.05) is 34.1 Å². The maximum Gasteiger partial charge on any atom is 0.350 e. The van der Waals surface area contributed by atoms with E-state index in [4.69, 9.17) is 0 Å². The number of rotatable bonds is 7. The van der Waals surface area contributed by atoms with Gasteiger partial charge in [0.1, 0.15) is 5.82 Å². The van der Waals surface area contributed by atoms with Crippen molar-refractivity contribution in [2.24, 2.45) is 0 Å². The molecule has 0 spiro atoms. The fourth-order valence-corrected chi connectivity index (χ4v) is 4.26. The van der Waals surface area contributed by atoms with Gasteiger partial charge in [0.2, 0.25) is 10.0 Å². The first kappa shape index (κ1) is 19.1. The molecule has 0 radical (unpaired) electrons. The summed E-state index contributed by atoms with van der Waals surface area (Å²) in [6, 6.07) is 15.8. The summed E-state index contributed by atoms with van der Waals surface area (Å²) in [5.74, 6) is 1.03. The highest BCUT2D eigenvalue weighted by Crippen LogP contribution is 2.39. The fraction of sp³-hybridized carbons (Fsp3) is 0.263. The molecule has 1 aromatic heterocycles. The van der Waals surface area contributed by atoms with E-state index >= 15 is 0 Å². The molecule has 4 rings (SSSR count). The molecule has 7 nitrogen and oxygen atoms in total. The van der Waals surface area contributed by atoms with E-state index in [2.05, 4.69) is 25.8 Å². The maximum atomic E-state index is 12.9. The summed E-state index contributed by atoms with van der Waals surface area (Å²) in [5.41, 5.74) is 0.520. The van der Waals surface area contributed by atoms with Crippen molar-refractivity contribution in [1.29, 1.82) is 0 Å². The molecule has 1 heterocycles. The number of benzene rings is 2. The summed E-state index contributed by atoms with van der Waals surface area (Å²) in [5, 5.41) is 4.48. The number of nitrogens with one attached hydrogen (secondary N) is 1. The number of aromatic nitrogens is 3. The van der Waals surface area contributed by atoms with Gasteiger partial charge in [-0.3, -0.25) is 0 Å². The van der Waals surface area contributed by atoms with Gasteiger partial charge in [-0.15, -0.1) is 0 Å². The Morgan fingerprint density at radius 2 is 1.75 bits per heavy atom. The third kappa shape index (κ3) is 3.96. The second-order valence-corrected chi connectivity index (χ2v) is 9.34. The SMILES string of the molecule is O=c1n(CCNS(=O)(=O)c2ccc(Br)cc2)nc(C2CC2)n1-c1ccccc1. The standard InChI is InChI=1S/C19H19BrN4O3S/c20-15-8-10-17(11-9-15)28(26,27)21-12-13-23-19(25)24(16-4-2-1-3-5-16)18(22-23)14-6-7-14/h1-5,8-11,14,21H,6-7,12-13H2. The molecule has 1 aliphatic carbocycles. The van der Waals surface area contributed by atoms with Crippen LogP contribution in [0.3, 0.4) is 0 Å². The van der Waals surface area contributed by atoms with E-state index in [-0.39, 0.29) is 29.6 Å². The van der Waals surface area contributed by atoms with Crippen molar-refractivity contribution in [2.45, 2.75) is 30.2 Å². The van der Waals surface area contributed by atoms with Crippen LogP contribution in [0.1, 0.15) is 24.6 Å². The van der Waals surface area contributed by atoms with Crippen molar-refractivity contribution in [3.8, 4) is 5.69 Å². The van der Waals surface area contributed by atoms with Gasteiger partial charge in [0.25, 0.3) is 0 Å². The highest BCUT2D eigenvalue weighted by molar-refractivity contribution is 9.10. The summed E-state index contributed by atoms with van der Waals surface area (Å²) in [6.45, 7) is 0.238. The van der Waals surface area contributed by atoms with Gasteiger partial charge < -0.3 is 0 Å². The van der Waals surface area contributed by atoms with Crippen LogP contribution >= 0.6 is 15.9 Å². The predicted molar refractivity (Wildman–Crippen MR) is 109 cm³/mol. The van der Waals surface area contributed by atoms with Crippen LogP contribution in [0.2, 0.25) is 0 Å². The van der Waals surface area contributed by atoms with E-state index in [9.17, 15) is 13.2 Å². The minimum atomic E-state index is -3.64. The summed E-state index contributed by atoms with van der Waals surface area (Å²) in [4.78, 5) is 13.0. The molecule has 0 bridgehead atoms. The molecule has 146 valence electrons. The van der Waals surface area contributed by atoms with Crippen LogP contribution in [0.4, 0.5) is 0 Å². The molecule has 0 aliphatic heterocycles. The number of halogens is 1. The second-order valence-electron chi connectivity index (χ2n) is 6.66. The second kappa shape index (κ2) is 7.65. The van der Waals surface area contributed by atoms with Crippen LogP contribution in [0.5, 0.6) is 0 Å². The zero-order valence-electron chi connectivity index (χ0n) is 15.0. The number of sulfonamides is 1. The Bertz CT molecular complexity index is 1130. The minimum absolute atomic E-state index is 0.0776. The zero-order valence-corrected chi connectivity index (χ0v) is 17.4. The van der Waals surface area contributed by atoms with Gasteiger partial charge >= 0.3 is 5.69 Å². The van der Waals surface area contributed by atoms with Crippen LogP contribution in [0.15, 0.2) is 68.8 Å². The Morgan fingerprint density at radius 3 is 2.39 bits per heavy atom. The fourth-order valence-electron chi connectivity index (χ4n) is 2.98. The van der Waals surface area contributed by atoms with E-state index in [1.54, 1.807) is 16.7 Å². The molecular formula is C19H19BrN4O3S. The molecule has 1 saturated carbocycles. The van der Waals surface area contributed by atoms with E-state index in [0.29, 0.717) is 0 Å². The van der Waals surface area contributed by atoms with Crippen molar-refractivity contribution >= 4 is 26.0 Å². The summed E-state index contributed by atoms with van der Waals surface area (Å²) >= 11 is 3.28. The first-order valence-electron chi connectivity index (χ1n) is 8.96. The van der Waals surface area contributed by atoms with E-state index in [1.807, 2.05) is 30.3 Å². The van der Waals surface area contributed by atoms with Crippen molar-refractivity contribution in [2.75, 3.05) is 6.54 Å². The predicted octanol–water partition coefficient (Wildman–Crippen LogP) is 2.65. The van der Waals surface area contributed by atoms with Crippen LogP contribution < -0.4 is 10.4 Å². The molecule has 1 fully saturated rings. The Hall–Kier alpha value is -2.23. The maximum absolute atomic E-state index is 12.9. The Balaban J connectivity index is 1.53. The quantitative estimate of drug-likeness (QED) is 0.584. The molecule has 0 unspecified atom stereocenters. The van der Waals surface area contributed by atoms with Gasteiger partial charge in [0.05, 0.1) is 17.1 Å². The monoisotopic (exact) mass is 462 g/mol. The highest BCUT2D eigenvalue weighted by atomic mass is 79.9. The lowest BCUT2D eigenvalue weighted by atomic mass is 10.3. The Kier molecular flexibility index (Phi) is 5.22. The van der Waals surface area contributed by atoms with Gasteiger partial charge in [-0.25, -0.2) is 27.2 Å². The van der Waals surface area contributed by atoms with E-state index < -0.39 is 10.0 Å². The van der Waals surface area contributed by atoms with Crippen molar-refractivity contribution in [1.82, 2.24) is 19.1 Å². The van der Waals surface area contributed by atoms with Crippen molar-refractivity contribution in [3.63, 3.8) is 0 Å². The first-order valence-corrected chi connectivity index (χ1v) is 11.2. The van der Waals surface area contributed by atoms with Gasteiger partial charge in [-0.05, 0) is 49.2 Å². The lowest BCUT2D eigenvalue weighted by molar-refractivity contribution is 0.550. The topological polar surface area (TPSA) is 86.0 Å². The van der Waals surface area contributed by atoms with Gasteiger partial charge in [0.15, 0.2) is 0 Å². The third-order valence-electron chi connectivity index (χ3n) is 4.56. The average Bonchev–Trinajstić information content (AvgIpc) is 3.47. The number of hydrogen-bond donors (Lipinski definition) is 1. The normalized spacial score (nSPS) is 14.3. The number of nitrogens with zero attached hydrogens (tertiary/aromatic N) is 3. The van der Waals surface area contributed by atoms with E-state index in [1.165, 1.54) is 16.8 Å². The summed E-state index contributed by atoms with van der Waals surface area (Å²) in [7, 11) is -3.64. The Labute approximate surface area is 171 Å². The zero-order chi connectivity index (χ0) is 19.7. The molecule has 3 aromatic rings. The van der Waals surface area contributed by atoms with Crippen molar-refractivity contribution in [3.05, 3.63) is 75.4 Å². The van der Waals surface area contributed by atoms with Crippen LogP contribution in [0, 0.1) is 0 Å². The average molecular weight is 463 g/mol. The summed E-state index contributed by atoms with van der Waals surface area (Å²) in [6.07, 6.45) is 2.03. The highest BCUT2D eigenvalue weighted by Gasteiger charge is 2.31. The molecule has 0 atom stereocenters. The molecule has 2 aromatic carbocycles. The van der Waals surface area contributed by atoms with Crippen LogP contribution in [-0.2, 0) is 16.6 Å². The molecule has 9 heteroatoms. The lowest BCUT2D eigenvalue weighted by Gasteiger charge is -2.06. The molecule has 1 N–H and O–H groups in total.